The van der Waals surface area contributed by atoms with Crippen LogP contribution in [0.2, 0.25) is 0 Å². The van der Waals surface area contributed by atoms with Crippen molar-refractivity contribution in [1.29, 1.82) is 0 Å². The van der Waals surface area contributed by atoms with Gasteiger partial charge in [0.05, 0.1) is 28.8 Å². The van der Waals surface area contributed by atoms with Gasteiger partial charge in [-0.2, -0.15) is 4.58 Å². The van der Waals surface area contributed by atoms with E-state index < -0.39 is 0 Å². The molecule has 198 valence electrons. The Morgan fingerprint density at radius 1 is 1.32 bits per heavy atom. The number of hydrogen-bond acceptors (Lipinski definition) is 5. The third kappa shape index (κ3) is 3.93. The molecule has 1 atom stereocenters. The first kappa shape index (κ1) is 25.4. The van der Waals surface area contributed by atoms with E-state index in [1.807, 2.05) is 24.1 Å². The summed E-state index contributed by atoms with van der Waals surface area (Å²) in [5.41, 5.74) is 8.11. The van der Waals surface area contributed by atoms with Crippen LogP contribution in [0.25, 0.3) is 22.8 Å². The summed E-state index contributed by atoms with van der Waals surface area (Å²) in [6, 6.07) is 10.2. The monoisotopic (exact) mass is 626 g/mol. The summed E-state index contributed by atoms with van der Waals surface area (Å²) in [7, 11) is 3.67. The third-order valence-corrected chi connectivity index (χ3v) is 9.19. The molecule has 3 aromatic rings. The molecule has 0 bridgehead atoms. The molecule has 8 nitrogen and oxygen atoms in total. The lowest BCUT2D eigenvalue weighted by Gasteiger charge is -2.28. The molecule has 0 spiro atoms. The van der Waals surface area contributed by atoms with Crippen LogP contribution in [-0.4, -0.2) is 73.2 Å². The lowest BCUT2D eigenvalue weighted by Crippen LogP contribution is -2.38. The number of ether oxygens (including phenoxy) is 1. The second kappa shape index (κ2) is 10.00. The Kier molecular flexibility index (Phi) is 6.67. The molecule has 4 heterocycles. The fraction of sp³-hybridized carbons (Fsp3) is 0.414. The summed E-state index contributed by atoms with van der Waals surface area (Å²) in [5, 5.41) is 9.45. The molecule has 0 unspecified atom stereocenters. The average molecular weight is 627 g/mol. The van der Waals surface area contributed by atoms with Crippen LogP contribution < -0.4 is 9.64 Å². The number of nitrogens with zero attached hydrogens (tertiary/aromatic N) is 5. The summed E-state index contributed by atoms with van der Waals surface area (Å²) < 4.78 is 10.5. The molecular formula is C29H33IN5O3+. The fourth-order valence-electron chi connectivity index (χ4n) is 6.04. The Hall–Kier alpha value is -2.92. The van der Waals surface area contributed by atoms with E-state index in [0.29, 0.717) is 11.3 Å². The van der Waals surface area contributed by atoms with Gasteiger partial charge in [0.25, 0.3) is 11.6 Å². The van der Waals surface area contributed by atoms with Crippen molar-refractivity contribution < 1.29 is 19.2 Å². The number of likely N-dealkylation sites (tertiary alicyclic amines) is 1. The van der Waals surface area contributed by atoms with E-state index in [9.17, 15) is 9.90 Å². The Morgan fingerprint density at radius 2 is 2.16 bits per heavy atom. The number of fused-ring (bicyclic) bond motifs is 1. The van der Waals surface area contributed by atoms with Crippen molar-refractivity contribution in [3.8, 4) is 5.75 Å². The molecule has 1 saturated heterocycles. The minimum absolute atomic E-state index is 0.0343. The first-order chi connectivity index (χ1) is 18.5. The highest BCUT2D eigenvalue weighted by atomic mass is 127. The lowest BCUT2D eigenvalue weighted by molar-refractivity contribution is -0.332. The number of halogens is 1. The molecule has 1 fully saturated rings. The van der Waals surface area contributed by atoms with Crippen molar-refractivity contribution in [1.82, 2.24) is 14.5 Å². The predicted octanol–water partition coefficient (Wildman–Crippen LogP) is 4.79. The van der Waals surface area contributed by atoms with Crippen molar-refractivity contribution in [2.75, 3.05) is 38.3 Å². The number of hydrogen-bond donors (Lipinski definition) is 1. The van der Waals surface area contributed by atoms with Crippen molar-refractivity contribution in [2.24, 2.45) is 7.05 Å². The first-order valence-electron chi connectivity index (χ1n) is 13.3. The summed E-state index contributed by atoms with van der Waals surface area (Å²) in [4.78, 5) is 22.8. The highest BCUT2D eigenvalue weighted by Gasteiger charge is 2.41. The van der Waals surface area contributed by atoms with Crippen molar-refractivity contribution in [3.63, 3.8) is 0 Å². The molecule has 3 aliphatic rings. The molecule has 0 saturated carbocycles. The van der Waals surface area contributed by atoms with Gasteiger partial charge in [-0.3, -0.25) is 4.79 Å². The standard InChI is InChI=1S/C29H33IN5O3/c1-4-20-17-33(11-7-13-36)22-9-5-8-18-15-23(35(20)26(18)22)28-31-21-14-19(16-24(38-3)27(21)32(28)2)29(37)34-12-6-10-25(34)30/h5,8-9,14-16,25,36H,4,6-7,10-13,17H2,1-3H3/q+1/t25-/m0/s1. The van der Waals surface area contributed by atoms with Gasteiger partial charge in [0.1, 0.15) is 17.0 Å². The minimum Gasteiger partial charge on any atom is -0.494 e. The second-order valence-corrected chi connectivity index (χ2v) is 11.6. The first-order valence-corrected chi connectivity index (χ1v) is 14.6. The lowest BCUT2D eigenvalue weighted by atomic mass is 10.1. The van der Waals surface area contributed by atoms with Crippen LogP contribution in [0.1, 0.15) is 54.4 Å². The van der Waals surface area contributed by atoms with Crippen molar-refractivity contribution >= 4 is 68.4 Å². The van der Waals surface area contributed by atoms with Gasteiger partial charge in [-0.05, 0) is 43.5 Å². The Labute approximate surface area is 236 Å². The number of alkyl halides is 1. The molecule has 38 heavy (non-hydrogen) atoms. The number of anilines is 1. The van der Waals surface area contributed by atoms with E-state index >= 15 is 0 Å². The number of aliphatic hydroxyl groups excluding tert-OH is 1. The van der Waals surface area contributed by atoms with Gasteiger partial charge < -0.3 is 24.2 Å². The van der Waals surface area contributed by atoms with Gasteiger partial charge in [0, 0.05) is 44.8 Å². The number of aromatic nitrogens is 2. The highest BCUT2D eigenvalue weighted by Crippen LogP contribution is 2.46. The molecule has 2 aromatic carbocycles. The summed E-state index contributed by atoms with van der Waals surface area (Å²) in [6.07, 6.45) is 5.92. The highest BCUT2D eigenvalue weighted by molar-refractivity contribution is 14.1. The maximum Gasteiger partial charge on any atom is 0.255 e. The Balaban J connectivity index is 1.47. The van der Waals surface area contributed by atoms with E-state index in [0.717, 1.165) is 73.4 Å². The Bertz CT molecular complexity index is 1510. The number of methoxy groups -OCH3 is 1. The zero-order valence-electron chi connectivity index (χ0n) is 22.1. The van der Waals surface area contributed by atoms with Gasteiger partial charge in [-0.1, -0.05) is 35.6 Å². The SMILES string of the molecule is CCC1=[N+]2C(c3nc4cc(C(=O)N5CCC[C@H]5I)cc(OC)c4n3C)=Cc3cccc(c32)N(CCCO)C1. The number of aryl methyl sites for hydroxylation is 1. The van der Waals surface area contributed by atoms with Gasteiger partial charge in [-0.15, -0.1) is 0 Å². The largest absolute Gasteiger partial charge is 0.494 e. The third-order valence-electron chi connectivity index (χ3n) is 7.90. The number of amides is 1. The molecule has 1 aromatic heterocycles. The van der Waals surface area contributed by atoms with Crippen molar-refractivity contribution in [2.45, 2.75) is 36.7 Å². The molecule has 0 radical (unpaired) electrons. The Morgan fingerprint density at radius 3 is 2.87 bits per heavy atom. The average Bonchev–Trinajstić information content (AvgIpc) is 3.63. The van der Waals surface area contributed by atoms with Crippen LogP contribution in [-0.2, 0) is 7.05 Å². The number of benzene rings is 2. The fourth-order valence-corrected chi connectivity index (χ4v) is 7.01. The number of carbonyl (C=O) groups is 1. The maximum atomic E-state index is 13.4. The van der Waals surface area contributed by atoms with Crippen LogP contribution in [0, 0.1) is 0 Å². The quantitative estimate of drug-likeness (QED) is 0.177. The van der Waals surface area contributed by atoms with Crippen molar-refractivity contribution in [3.05, 3.63) is 47.3 Å². The van der Waals surface area contributed by atoms with E-state index in [-0.39, 0.29) is 16.6 Å². The van der Waals surface area contributed by atoms with Crippen LogP contribution in [0.3, 0.4) is 0 Å². The van der Waals surface area contributed by atoms with Gasteiger partial charge in [0.2, 0.25) is 11.5 Å². The molecule has 0 aliphatic carbocycles. The number of aliphatic hydroxyl groups is 1. The molecule has 9 heteroatoms. The smallest absolute Gasteiger partial charge is 0.255 e. The van der Waals surface area contributed by atoms with Crippen LogP contribution in [0.5, 0.6) is 5.75 Å². The number of para-hydroxylation sites is 1. The van der Waals surface area contributed by atoms with E-state index in [1.165, 1.54) is 17.1 Å². The molecule has 3 aliphatic heterocycles. The zero-order valence-corrected chi connectivity index (χ0v) is 24.2. The van der Waals surface area contributed by atoms with Crippen LogP contribution >= 0.6 is 22.6 Å². The number of carbonyl (C=O) groups excluding carboxylic acids is 1. The summed E-state index contributed by atoms with van der Waals surface area (Å²) >= 11 is 2.36. The maximum absolute atomic E-state index is 13.4. The summed E-state index contributed by atoms with van der Waals surface area (Å²) in [6.45, 7) is 4.78. The topological polar surface area (TPSA) is 73.8 Å². The van der Waals surface area contributed by atoms with E-state index in [2.05, 4.69) is 67.8 Å². The van der Waals surface area contributed by atoms with E-state index in [1.54, 1.807) is 7.11 Å². The van der Waals surface area contributed by atoms with Gasteiger partial charge >= 0.3 is 0 Å². The zero-order chi connectivity index (χ0) is 26.6. The minimum atomic E-state index is 0.0343. The normalized spacial score (nSPS) is 18.4. The van der Waals surface area contributed by atoms with E-state index in [4.69, 9.17) is 9.72 Å². The molecular weight excluding hydrogens is 593 g/mol. The van der Waals surface area contributed by atoms with Gasteiger partial charge in [-0.25, -0.2) is 4.98 Å². The second-order valence-electron chi connectivity index (χ2n) is 10.1. The van der Waals surface area contributed by atoms with Gasteiger partial charge in [0.15, 0.2) is 5.71 Å². The molecule has 1 N–H and O–H groups in total. The van der Waals surface area contributed by atoms with Crippen LogP contribution in [0.15, 0.2) is 30.3 Å². The summed E-state index contributed by atoms with van der Waals surface area (Å²) in [5.74, 6) is 1.53. The van der Waals surface area contributed by atoms with Crippen LogP contribution in [0.4, 0.5) is 11.4 Å². The molecule has 6 rings (SSSR count). The number of rotatable bonds is 7. The molecule has 1 amide bonds. The number of imidazole rings is 1. The predicted molar refractivity (Wildman–Crippen MR) is 159 cm³/mol.